The van der Waals surface area contributed by atoms with Crippen molar-refractivity contribution >= 4 is 0 Å². The zero-order valence-electron chi connectivity index (χ0n) is 20.4. The van der Waals surface area contributed by atoms with Crippen LogP contribution in [0.3, 0.4) is 0 Å². The van der Waals surface area contributed by atoms with Gasteiger partial charge in [0, 0.05) is 11.5 Å². The van der Waals surface area contributed by atoms with Gasteiger partial charge in [-0.2, -0.15) is 0 Å². The van der Waals surface area contributed by atoms with Gasteiger partial charge in [0.15, 0.2) is 0 Å². The van der Waals surface area contributed by atoms with Gasteiger partial charge in [0.05, 0.1) is 19.8 Å². The van der Waals surface area contributed by atoms with Gasteiger partial charge >= 0.3 is 0 Å². The normalized spacial score (nSPS) is 23.2. The van der Waals surface area contributed by atoms with Crippen LogP contribution in [0.4, 0.5) is 0 Å². The number of azide groups is 1. The highest BCUT2D eigenvalue weighted by Crippen LogP contribution is 2.28. The summed E-state index contributed by atoms with van der Waals surface area (Å²) in [6.07, 6.45) is -4.61. The Morgan fingerprint density at radius 3 is 2.11 bits per heavy atom. The van der Waals surface area contributed by atoms with E-state index in [0.717, 1.165) is 16.7 Å². The van der Waals surface area contributed by atoms with E-state index in [2.05, 4.69) is 10.0 Å². The molecule has 37 heavy (non-hydrogen) atoms. The first-order valence-corrected chi connectivity index (χ1v) is 12.2. The molecule has 1 aliphatic heterocycles. The first-order valence-electron chi connectivity index (χ1n) is 12.2. The molecule has 9 nitrogen and oxygen atoms in total. The molecule has 1 aliphatic rings. The third-order valence-corrected chi connectivity index (χ3v) is 6.06. The number of ether oxygens (including phenoxy) is 4. The Hall–Kier alpha value is -3.43. The van der Waals surface area contributed by atoms with Crippen molar-refractivity contribution < 1.29 is 29.2 Å². The number of hydrogen-bond acceptors (Lipinski definition) is 7. The largest absolute Gasteiger partial charge is 0.462 e. The van der Waals surface area contributed by atoms with Crippen LogP contribution in [0.15, 0.2) is 90.0 Å². The van der Waals surface area contributed by atoms with Crippen molar-refractivity contribution in [3.63, 3.8) is 0 Å². The molecule has 3 aromatic carbocycles. The molecule has 0 aliphatic carbocycles. The Bertz CT molecular complexity index is 1120. The number of benzene rings is 3. The molecular formula is C28H31N3O6. The molecule has 3 aromatic rings. The maximum absolute atomic E-state index is 11.0. The van der Waals surface area contributed by atoms with E-state index in [1.54, 1.807) is 12.1 Å². The van der Waals surface area contributed by atoms with Crippen LogP contribution in [-0.4, -0.2) is 54.1 Å². The van der Waals surface area contributed by atoms with E-state index in [-0.39, 0.29) is 13.2 Å². The number of aliphatic hydroxyl groups is 2. The van der Waals surface area contributed by atoms with Gasteiger partial charge < -0.3 is 29.2 Å². The molecule has 0 bridgehead atoms. The summed E-state index contributed by atoms with van der Waals surface area (Å²) in [4.78, 5) is 2.77. The number of rotatable bonds is 12. The fraction of sp³-hybridized carbons (Fsp3) is 0.357. The van der Waals surface area contributed by atoms with E-state index in [0.29, 0.717) is 25.3 Å². The highest BCUT2D eigenvalue weighted by molar-refractivity contribution is 5.28. The summed E-state index contributed by atoms with van der Waals surface area (Å²) in [6.45, 7) is 0.996. The first kappa shape index (κ1) is 26.6. The molecule has 0 radical (unpaired) electrons. The summed E-state index contributed by atoms with van der Waals surface area (Å²) < 4.78 is 24.0. The fourth-order valence-corrected chi connectivity index (χ4v) is 4.04. The van der Waals surface area contributed by atoms with Crippen LogP contribution in [0.2, 0.25) is 0 Å². The highest BCUT2D eigenvalue weighted by Gasteiger charge is 2.46. The lowest BCUT2D eigenvalue weighted by molar-refractivity contribution is -0.292. The predicted octanol–water partition coefficient (Wildman–Crippen LogP) is 4.17. The molecule has 9 heteroatoms. The summed E-state index contributed by atoms with van der Waals surface area (Å²) in [5, 5.41) is 25.3. The van der Waals surface area contributed by atoms with Gasteiger partial charge in [-0.15, -0.1) is 0 Å². The SMILES string of the molecule is [N-]=[N+]=NCCc1ccc(O[C@@H]2O[C@H](COCc3ccccc3)[C@H](O)[C@H](O)[C@H]2OCc2ccccc2)cc1. The molecule has 0 amide bonds. The van der Waals surface area contributed by atoms with Crippen LogP contribution < -0.4 is 4.74 Å². The van der Waals surface area contributed by atoms with Crippen LogP contribution in [0.25, 0.3) is 10.4 Å². The summed E-state index contributed by atoms with van der Waals surface area (Å²) >= 11 is 0. The summed E-state index contributed by atoms with van der Waals surface area (Å²) in [5.74, 6) is 0.512. The summed E-state index contributed by atoms with van der Waals surface area (Å²) in [7, 11) is 0. The van der Waals surface area contributed by atoms with Crippen LogP contribution in [0, 0.1) is 0 Å². The van der Waals surface area contributed by atoms with Gasteiger partial charge in [0.2, 0.25) is 6.29 Å². The molecule has 1 saturated heterocycles. The Kier molecular flexibility index (Phi) is 9.90. The molecule has 0 aromatic heterocycles. The second-order valence-corrected chi connectivity index (χ2v) is 8.75. The van der Waals surface area contributed by atoms with Crippen molar-refractivity contribution in [3.8, 4) is 5.75 Å². The minimum atomic E-state index is -1.25. The molecule has 1 heterocycles. The van der Waals surface area contributed by atoms with Crippen molar-refractivity contribution in [2.75, 3.05) is 13.2 Å². The van der Waals surface area contributed by atoms with Gasteiger partial charge in [0.25, 0.3) is 0 Å². The number of aliphatic hydroxyl groups excluding tert-OH is 2. The average molecular weight is 506 g/mol. The fourth-order valence-electron chi connectivity index (χ4n) is 4.04. The maximum atomic E-state index is 11.0. The van der Waals surface area contributed by atoms with Crippen molar-refractivity contribution in [2.24, 2.45) is 5.11 Å². The third kappa shape index (κ3) is 7.77. The molecule has 194 valence electrons. The Morgan fingerprint density at radius 2 is 1.46 bits per heavy atom. The van der Waals surface area contributed by atoms with Crippen molar-refractivity contribution in [1.82, 2.24) is 0 Å². The highest BCUT2D eigenvalue weighted by atomic mass is 16.7. The van der Waals surface area contributed by atoms with Gasteiger partial charge in [-0.25, -0.2) is 0 Å². The third-order valence-electron chi connectivity index (χ3n) is 6.06. The second-order valence-electron chi connectivity index (χ2n) is 8.75. The lowest BCUT2D eigenvalue weighted by Crippen LogP contribution is -2.61. The standard InChI is InChI=1S/C28H31N3O6/c29-31-30-16-15-20-11-13-23(14-12-20)36-28-27(35-18-22-9-5-2-6-10-22)26(33)25(32)24(37-28)19-34-17-21-7-3-1-4-8-21/h1-14,24-28,32-33H,15-19H2/t24-,25+,26+,27-,28-/m1/s1. The Labute approximate surface area is 215 Å². The van der Waals surface area contributed by atoms with Gasteiger partial charge in [-0.3, -0.25) is 0 Å². The summed E-state index contributed by atoms with van der Waals surface area (Å²) in [5.41, 5.74) is 11.3. The van der Waals surface area contributed by atoms with E-state index in [1.165, 1.54) is 0 Å². The average Bonchev–Trinajstić information content (AvgIpc) is 2.93. The quantitative estimate of drug-likeness (QED) is 0.216. The smallest absolute Gasteiger partial charge is 0.229 e. The zero-order valence-corrected chi connectivity index (χ0v) is 20.4. The zero-order chi connectivity index (χ0) is 25.9. The number of hydrogen-bond donors (Lipinski definition) is 2. The lowest BCUT2D eigenvalue weighted by Gasteiger charge is -2.42. The lowest BCUT2D eigenvalue weighted by atomic mass is 9.99. The van der Waals surface area contributed by atoms with E-state index >= 15 is 0 Å². The summed E-state index contributed by atoms with van der Waals surface area (Å²) in [6, 6.07) is 26.5. The molecule has 5 atom stereocenters. The van der Waals surface area contributed by atoms with Crippen molar-refractivity contribution in [2.45, 2.75) is 50.3 Å². The topological polar surface area (TPSA) is 126 Å². The molecule has 0 unspecified atom stereocenters. The van der Waals surface area contributed by atoms with Crippen molar-refractivity contribution in [3.05, 3.63) is 112 Å². The van der Waals surface area contributed by atoms with Crippen LogP contribution in [0.1, 0.15) is 16.7 Å². The van der Waals surface area contributed by atoms with E-state index in [4.69, 9.17) is 24.5 Å². The van der Waals surface area contributed by atoms with Gasteiger partial charge in [-0.1, -0.05) is 77.9 Å². The maximum Gasteiger partial charge on any atom is 0.229 e. The molecule has 1 fully saturated rings. The Balaban J connectivity index is 1.43. The molecule has 0 saturated carbocycles. The van der Waals surface area contributed by atoms with E-state index < -0.39 is 30.7 Å². The molecule has 2 N–H and O–H groups in total. The molecule has 0 spiro atoms. The van der Waals surface area contributed by atoms with Crippen LogP contribution in [0.5, 0.6) is 5.75 Å². The van der Waals surface area contributed by atoms with Crippen LogP contribution >= 0.6 is 0 Å². The predicted molar refractivity (Wildman–Crippen MR) is 137 cm³/mol. The van der Waals surface area contributed by atoms with E-state index in [1.807, 2.05) is 72.8 Å². The van der Waals surface area contributed by atoms with Gasteiger partial charge in [0.1, 0.15) is 30.2 Å². The monoisotopic (exact) mass is 505 g/mol. The second kappa shape index (κ2) is 13.8. The van der Waals surface area contributed by atoms with E-state index in [9.17, 15) is 10.2 Å². The molecule has 4 rings (SSSR count). The first-order chi connectivity index (χ1) is 18.1. The Morgan fingerprint density at radius 1 is 0.811 bits per heavy atom. The van der Waals surface area contributed by atoms with Crippen molar-refractivity contribution in [1.29, 1.82) is 0 Å². The molecular weight excluding hydrogens is 474 g/mol. The number of nitrogens with zero attached hydrogens (tertiary/aromatic N) is 3. The van der Waals surface area contributed by atoms with Crippen LogP contribution in [-0.2, 0) is 33.8 Å². The minimum absolute atomic E-state index is 0.0662. The van der Waals surface area contributed by atoms with Gasteiger partial charge in [-0.05, 0) is 40.8 Å². The minimum Gasteiger partial charge on any atom is -0.462 e.